The molecule has 2 heterocycles. The number of anilines is 1. The Balaban J connectivity index is 2.53. The van der Waals surface area contributed by atoms with Gasteiger partial charge in [0.1, 0.15) is 11.4 Å². The van der Waals surface area contributed by atoms with Crippen molar-refractivity contribution in [1.29, 1.82) is 0 Å². The largest absolute Gasteiger partial charge is 0.495 e. The van der Waals surface area contributed by atoms with Crippen LogP contribution in [0.2, 0.25) is 0 Å². The zero-order valence-electron chi connectivity index (χ0n) is 7.90. The van der Waals surface area contributed by atoms with Gasteiger partial charge in [0.05, 0.1) is 12.0 Å². The van der Waals surface area contributed by atoms with Crippen molar-refractivity contribution in [3.63, 3.8) is 0 Å². The number of ether oxygens (including phenoxy) is 1. The highest BCUT2D eigenvalue weighted by molar-refractivity contribution is 7.17. The number of methoxy groups -OCH3 is 1. The molecule has 0 aliphatic carbocycles. The molecule has 0 aromatic carbocycles. The number of aryl methyl sites for hydroxylation is 1. The summed E-state index contributed by atoms with van der Waals surface area (Å²) < 4.78 is 5.24. The van der Waals surface area contributed by atoms with Gasteiger partial charge in [0.15, 0.2) is 5.13 Å². The molecule has 0 unspecified atom stereocenters. The van der Waals surface area contributed by atoms with E-state index in [9.17, 15) is 0 Å². The van der Waals surface area contributed by atoms with E-state index in [0.29, 0.717) is 5.13 Å². The van der Waals surface area contributed by atoms with Gasteiger partial charge in [-0.25, -0.2) is 4.98 Å². The predicted octanol–water partition coefficient (Wildman–Crippen LogP) is 2.77. The molecule has 0 aliphatic rings. The van der Waals surface area contributed by atoms with Crippen molar-refractivity contribution in [2.45, 2.75) is 6.92 Å². The SMILES string of the molecule is COc1ccsc1-c1nc(N)sc1C. The van der Waals surface area contributed by atoms with Crippen LogP contribution >= 0.6 is 22.7 Å². The molecule has 2 N–H and O–H groups in total. The summed E-state index contributed by atoms with van der Waals surface area (Å²) >= 11 is 3.12. The first-order valence-corrected chi connectivity index (χ1v) is 5.76. The topological polar surface area (TPSA) is 48.1 Å². The number of hydrogen-bond donors (Lipinski definition) is 1. The zero-order chi connectivity index (χ0) is 10.1. The fourth-order valence-electron chi connectivity index (χ4n) is 1.26. The van der Waals surface area contributed by atoms with Gasteiger partial charge in [0.2, 0.25) is 0 Å². The quantitative estimate of drug-likeness (QED) is 0.856. The van der Waals surface area contributed by atoms with Gasteiger partial charge in [-0.2, -0.15) is 0 Å². The number of nitrogens with zero attached hydrogens (tertiary/aromatic N) is 1. The molecule has 0 atom stereocenters. The smallest absolute Gasteiger partial charge is 0.180 e. The minimum Gasteiger partial charge on any atom is -0.495 e. The van der Waals surface area contributed by atoms with E-state index in [-0.39, 0.29) is 0 Å². The summed E-state index contributed by atoms with van der Waals surface area (Å²) in [5, 5.41) is 2.59. The van der Waals surface area contributed by atoms with E-state index in [1.54, 1.807) is 18.4 Å². The number of nitrogens with two attached hydrogens (primary N) is 1. The summed E-state index contributed by atoms with van der Waals surface area (Å²) in [6.45, 7) is 2.02. The summed E-state index contributed by atoms with van der Waals surface area (Å²) in [6, 6.07) is 1.94. The number of thiophene rings is 1. The summed E-state index contributed by atoms with van der Waals surface area (Å²) in [6.07, 6.45) is 0. The summed E-state index contributed by atoms with van der Waals surface area (Å²) in [5.74, 6) is 0.864. The minimum atomic E-state index is 0.605. The molecule has 0 saturated carbocycles. The number of nitrogen functional groups attached to an aromatic ring is 1. The molecule has 14 heavy (non-hydrogen) atoms. The Labute approximate surface area is 90.2 Å². The average molecular weight is 226 g/mol. The molecule has 0 fully saturated rings. The van der Waals surface area contributed by atoms with E-state index in [0.717, 1.165) is 21.2 Å². The van der Waals surface area contributed by atoms with Gasteiger partial charge in [-0.05, 0) is 18.4 Å². The highest BCUT2D eigenvalue weighted by Crippen LogP contribution is 2.38. The second-order valence-corrected chi connectivity index (χ2v) is 4.93. The number of thiazole rings is 1. The fourth-order valence-corrected chi connectivity index (χ4v) is 2.92. The van der Waals surface area contributed by atoms with Crippen LogP contribution in [0.1, 0.15) is 4.88 Å². The fraction of sp³-hybridized carbons (Fsp3) is 0.222. The third kappa shape index (κ3) is 1.49. The Kier molecular flexibility index (Phi) is 2.43. The zero-order valence-corrected chi connectivity index (χ0v) is 9.54. The first-order valence-electron chi connectivity index (χ1n) is 4.07. The van der Waals surface area contributed by atoms with E-state index in [1.807, 2.05) is 18.4 Å². The maximum Gasteiger partial charge on any atom is 0.180 e. The van der Waals surface area contributed by atoms with Gasteiger partial charge in [-0.1, -0.05) is 0 Å². The number of rotatable bonds is 2. The lowest BCUT2D eigenvalue weighted by molar-refractivity contribution is 0.418. The summed E-state index contributed by atoms with van der Waals surface area (Å²) in [5.41, 5.74) is 6.59. The number of hydrogen-bond acceptors (Lipinski definition) is 5. The molecule has 2 rings (SSSR count). The molecule has 2 aromatic rings. The van der Waals surface area contributed by atoms with Crippen molar-refractivity contribution in [3.05, 3.63) is 16.3 Å². The van der Waals surface area contributed by atoms with Crippen LogP contribution in [0.25, 0.3) is 10.6 Å². The third-order valence-electron chi connectivity index (χ3n) is 1.88. The van der Waals surface area contributed by atoms with E-state index < -0.39 is 0 Å². The Morgan fingerprint density at radius 3 is 2.86 bits per heavy atom. The predicted molar refractivity (Wildman–Crippen MR) is 61.1 cm³/mol. The van der Waals surface area contributed by atoms with Crippen LogP contribution in [0.4, 0.5) is 5.13 Å². The lowest BCUT2D eigenvalue weighted by atomic mass is 10.3. The van der Waals surface area contributed by atoms with Gasteiger partial charge < -0.3 is 10.5 Å². The van der Waals surface area contributed by atoms with Crippen LogP contribution in [-0.2, 0) is 0 Å². The van der Waals surface area contributed by atoms with Crippen molar-refractivity contribution in [2.75, 3.05) is 12.8 Å². The summed E-state index contributed by atoms with van der Waals surface area (Å²) in [7, 11) is 1.66. The molecule has 5 heteroatoms. The highest BCUT2D eigenvalue weighted by atomic mass is 32.1. The van der Waals surface area contributed by atoms with Crippen molar-refractivity contribution >= 4 is 27.8 Å². The molecule has 0 spiro atoms. The molecule has 0 saturated heterocycles. The first-order chi connectivity index (χ1) is 6.72. The van der Waals surface area contributed by atoms with Gasteiger partial charge in [0, 0.05) is 4.88 Å². The monoisotopic (exact) mass is 226 g/mol. The lowest BCUT2D eigenvalue weighted by Crippen LogP contribution is -1.85. The van der Waals surface area contributed by atoms with Crippen molar-refractivity contribution in [1.82, 2.24) is 4.98 Å². The van der Waals surface area contributed by atoms with Crippen molar-refractivity contribution in [3.8, 4) is 16.3 Å². The minimum absolute atomic E-state index is 0.605. The Bertz CT molecular complexity index is 447. The van der Waals surface area contributed by atoms with Crippen molar-refractivity contribution in [2.24, 2.45) is 0 Å². The van der Waals surface area contributed by atoms with Crippen LogP contribution in [0.5, 0.6) is 5.75 Å². The molecule has 0 radical (unpaired) electrons. The standard InChI is InChI=1S/C9H10N2OS2/c1-5-7(11-9(10)14-5)8-6(12-2)3-4-13-8/h3-4H,1-2H3,(H2,10,11). The van der Waals surface area contributed by atoms with Gasteiger partial charge >= 0.3 is 0 Å². The molecule has 74 valence electrons. The van der Waals surface area contributed by atoms with Crippen LogP contribution in [0, 0.1) is 6.92 Å². The van der Waals surface area contributed by atoms with Crippen molar-refractivity contribution < 1.29 is 4.74 Å². The summed E-state index contributed by atoms with van der Waals surface area (Å²) in [4.78, 5) is 6.47. The lowest BCUT2D eigenvalue weighted by Gasteiger charge is -1.99. The van der Waals surface area contributed by atoms with Crippen LogP contribution < -0.4 is 10.5 Å². The normalized spacial score (nSPS) is 10.4. The van der Waals surface area contributed by atoms with Gasteiger partial charge in [0.25, 0.3) is 0 Å². The van der Waals surface area contributed by atoms with Crippen LogP contribution in [0.15, 0.2) is 11.4 Å². The maximum atomic E-state index is 5.65. The molecule has 0 amide bonds. The molecule has 2 aromatic heterocycles. The molecule has 0 aliphatic heterocycles. The van der Waals surface area contributed by atoms with Crippen LogP contribution in [0.3, 0.4) is 0 Å². The van der Waals surface area contributed by atoms with Crippen LogP contribution in [-0.4, -0.2) is 12.1 Å². The van der Waals surface area contributed by atoms with E-state index in [1.165, 1.54) is 11.3 Å². The maximum absolute atomic E-state index is 5.65. The first kappa shape index (κ1) is 9.48. The second-order valence-electron chi connectivity index (χ2n) is 2.77. The second kappa shape index (κ2) is 3.59. The Morgan fingerprint density at radius 1 is 1.50 bits per heavy atom. The molecule has 0 bridgehead atoms. The Morgan fingerprint density at radius 2 is 2.29 bits per heavy atom. The highest BCUT2D eigenvalue weighted by Gasteiger charge is 2.13. The molecular formula is C9H10N2OS2. The Hall–Kier alpha value is -1.07. The van der Waals surface area contributed by atoms with E-state index >= 15 is 0 Å². The van der Waals surface area contributed by atoms with Gasteiger partial charge in [-0.3, -0.25) is 0 Å². The molecule has 3 nitrogen and oxygen atoms in total. The number of aromatic nitrogens is 1. The third-order valence-corrected chi connectivity index (χ3v) is 3.58. The van der Waals surface area contributed by atoms with Gasteiger partial charge in [-0.15, -0.1) is 22.7 Å². The molecular weight excluding hydrogens is 216 g/mol. The van der Waals surface area contributed by atoms with E-state index in [2.05, 4.69) is 4.98 Å². The average Bonchev–Trinajstić information content (AvgIpc) is 2.71. The van der Waals surface area contributed by atoms with E-state index in [4.69, 9.17) is 10.5 Å².